The monoisotopic (exact) mass is 196 g/mol. The van der Waals surface area contributed by atoms with Gasteiger partial charge >= 0.3 is 0 Å². The third-order valence-corrected chi connectivity index (χ3v) is 2.98. The minimum absolute atomic E-state index is 0.203. The van der Waals surface area contributed by atoms with Crippen molar-refractivity contribution in [3.63, 3.8) is 0 Å². The normalized spacial score (nSPS) is 40.5. The van der Waals surface area contributed by atoms with Crippen LogP contribution in [0.4, 0.5) is 4.39 Å². The standard InChI is InChI=1S/C11H13FO2/c12-8-2-4-9-7(5-8)1-3-10(14-9)11-6-13-11/h4-5,8,10-11H,1-3,6H2. The highest BCUT2D eigenvalue weighted by Crippen LogP contribution is 2.36. The van der Waals surface area contributed by atoms with Crippen LogP contribution in [-0.2, 0) is 9.47 Å². The quantitative estimate of drug-likeness (QED) is 0.599. The summed E-state index contributed by atoms with van der Waals surface area (Å²) in [5.74, 6) is 0.894. The highest BCUT2D eigenvalue weighted by atomic mass is 19.1. The molecule has 0 radical (unpaired) electrons. The summed E-state index contributed by atoms with van der Waals surface area (Å²) in [5, 5.41) is 0. The van der Waals surface area contributed by atoms with E-state index in [1.807, 2.05) is 6.08 Å². The smallest absolute Gasteiger partial charge is 0.127 e. The summed E-state index contributed by atoms with van der Waals surface area (Å²) < 4.78 is 24.0. The number of epoxide rings is 1. The van der Waals surface area contributed by atoms with Crippen LogP contribution in [0, 0.1) is 0 Å². The largest absolute Gasteiger partial charge is 0.488 e. The molecular formula is C11H13FO2. The van der Waals surface area contributed by atoms with Crippen molar-refractivity contribution >= 4 is 0 Å². The van der Waals surface area contributed by atoms with Gasteiger partial charge in [0.15, 0.2) is 0 Å². The fourth-order valence-electron chi connectivity index (χ4n) is 2.10. The van der Waals surface area contributed by atoms with Crippen molar-refractivity contribution in [1.82, 2.24) is 0 Å². The van der Waals surface area contributed by atoms with Gasteiger partial charge in [-0.3, -0.25) is 0 Å². The van der Waals surface area contributed by atoms with Gasteiger partial charge in [-0.2, -0.15) is 0 Å². The molecule has 0 N–H and O–H groups in total. The van der Waals surface area contributed by atoms with Gasteiger partial charge in [-0.25, -0.2) is 4.39 Å². The Hall–Kier alpha value is -0.830. The van der Waals surface area contributed by atoms with Gasteiger partial charge in [-0.1, -0.05) is 0 Å². The molecule has 3 unspecified atom stereocenters. The minimum atomic E-state index is -0.814. The molecule has 3 aliphatic rings. The molecular weight excluding hydrogens is 183 g/mol. The Balaban J connectivity index is 1.75. The van der Waals surface area contributed by atoms with Crippen LogP contribution in [0.25, 0.3) is 0 Å². The van der Waals surface area contributed by atoms with E-state index in [-0.39, 0.29) is 6.10 Å². The van der Waals surface area contributed by atoms with Crippen molar-refractivity contribution in [3.05, 3.63) is 23.5 Å². The topological polar surface area (TPSA) is 21.8 Å². The zero-order valence-corrected chi connectivity index (χ0v) is 7.91. The van der Waals surface area contributed by atoms with Crippen molar-refractivity contribution in [2.24, 2.45) is 0 Å². The second kappa shape index (κ2) is 3.09. The molecule has 0 saturated carbocycles. The van der Waals surface area contributed by atoms with Gasteiger partial charge in [-0.15, -0.1) is 0 Å². The van der Waals surface area contributed by atoms with E-state index in [4.69, 9.17) is 9.47 Å². The summed E-state index contributed by atoms with van der Waals surface area (Å²) >= 11 is 0. The Labute approximate surface area is 82.4 Å². The Morgan fingerprint density at radius 1 is 1.36 bits per heavy atom. The van der Waals surface area contributed by atoms with E-state index in [2.05, 4.69) is 0 Å². The van der Waals surface area contributed by atoms with Crippen molar-refractivity contribution in [3.8, 4) is 0 Å². The van der Waals surface area contributed by atoms with E-state index < -0.39 is 6.17 Å². The SMILES string of the molecule is FC1C=C2CCC(C3CO3)OC2=CC1. The highest BCUT2D eigenvalue weighted by molar-refractivity contribution is 5.33. The molecule has 2 fully saturated rings. The third-order valence-electron chi connectivity index (χ3n) is 2.98. The van der Waals surface area contributed by atoms with Gasteiger partial charge in [0.2, 0.25) is 0 Å². The van der Waals surface area contributed by atoms with Crippen LogP contribution in [0.15, 0.2) is 23.5 Å². The maximum absolute atomic E-state index is 13.0. The molecule has 2 heterocycles. The van der Waals surface area contributed by atoms with Gasteiger partial charge < -0.3 is 9.47 Å². The van der Waals surface area contributed by atoms with Crippen molar-refractivity contribution in [1.29, 1.82) is 0 Å². The Morgan fingerprint density at radius 3 is 3.00 bits per heavy atom. The van der Waals surface area contributed by atoms with Crippen LogP contribution in [0.2, 0.25) is 0 Å². The number of rotatable bonds is 1. The maximum atomic E-state index is 13.0. The van der Waals surface area contributed by atoms with Gasteiger partial charge in [0.05, 0.1) is 6.61 Å². The van der Waals surface area contributed by atoms with Gasteiger partial charge in [0.25, 0.3) is 0 Å². The summed E-state index contributed by atoms with van der Waals surface area (Å²) in [6.45, 7) is 0.822. The van der Waals surface area contributed by atoms with E-state index >= 15 is 0 Å². The van der Waals surface area contributed by atoms with Crippen molar-refractivity contribution in [2.75, 3.05) is 6.61 Å². The van der Waals surface area contributed by atoms with Crippen molar-refractivity contribution in [2.45, 2.75) is 37.6 Å². The lowest BCUT2D eigenvalue weighted by molar-refractivity contribution is 0.0666. The third kappa shape index (κ3) is 1.46. The summed E-state index contributed by atoms with van der Waals surface area (Å²) in [5.41, 5.74) is 1.04. The van der Waals surface area contributed by atoms with Crippen molar-refractivity contribution < 1.29 is 13.9 Å². The fourth-order valence-corrected chi connectivity index (χ4v) is 2.10. The number of halogens is 1. The fraction of sp³-hybridized carbons (Fsp3) is 0.636. The minimum Gasteiger partial charge on any atom is -0.488 e. The number of allylic oxidation sites excluding steroid dienone is 3. The lowest BCUT2D eigenvalue weighted by atomic mass is 9.94. The Bertz CT molecular complexity index is 304. The van der Waals surface area contributed by atoms with Gasteiger partial charge in [0.1, 0.15) is 24.1 Å². The predicted octanol–water partition coefficient (Wildman–Crippen LogP) is 2.12. The van der Waals surface area contributed by atoms with Gasteiger partial charge in [-0.05, 0) is 30.6 Å². The molecule has 3 heteroatoms. The zero-order chi connectivity index (χ0) is 9.54. The average molecular weight is 196 g/mol. The molecule has 0 spiro atoms. The Morgan fingerprint density at radius 2 is 2.21 bits per heavy atom. The molecule has 2 saturated heterocycles. The maximum Gasteiger partial charge on any atom is 0.127 e. The van der Waals surface area contributed by atoms with Crippen LogP contribution in [0.5, 0.6) is 0 Å². The molecule has 3 atom stereocenters. The molecule has 2 nitrogen and oxygen atoms in total. The van der Waals surface area contributed by atoms with Crippen LogP contribution in [-0.4, -0.2) is 25.0 Å². The Kier molecular flexibility index (Phi) is 1.87. The van der Waals surface area contributed by atoms with Crippen LogP contribution < -0.4 is 0 Å². The summed E-state index contributed by atoms with van der Waals surface area (Å²) in [6, 6.07) is 0. The van der Waals surface area contributed by atoms with Gasteiger partial charge in [0, 0.05) is 6.42 Å². The number of hydrogen-bond acceptors (Lipinski definition) is 2. The second-order valence-electron chi connectivity index (χ2n) is 4.08. The first-order valence-electron chi connectivity index (χ1n) is 5.16. The number of ether oxygens (including phenoxy) is 2. The predicted molar refractivity (Wildman–Crippen MR) is 49.5 cm³/mol. The molecule has 0 aromatic carbocycles. The first-order valence-corrected chi connectivity index (χ1v) is 5.16. The van der Waals surface area contributed by atoms with E-state index in [0.29, 0.717) is 12.5 Å². The molecule has 3 rings (SSSR count). The lowest BCUT2D eigenvalue weighted by Crippen LogP contribution is -2.26. The number of alkyl halides is 1. The first-order chi connectivity index (χ1) is 6.83. The lowest BCUT2D eigenvalue weighted by Gasteiger charge is -2.29. The molecule has 1 aliphatic carbocycles. The first kappa shape index (κ1) is 8.48. The zero-order valence-electron chi connectivity index (χ0n) is 7.91. The molecule has 0 bridgehead atoms. The molecule has 2 aliphatic heterocycles. The summed E-state index contributed by atoms with van der Waals surface area (Å²) in [7, 11) is 0. The molecule has 0 aromatic heterocycles. The molecule has 76 valence electrons. The van der Waals surface area contributed by atoms with Crippen LogP contribution >= 0.6 is 0 Å². The number of hydrogen-bond donors (Lipinski definition) is 0. The van der Waals surface area contributed by atoms with E-state index in [1.54, 1.807) is 6.08 Å². The summed E-state index contributed by atoms with van der Waals surface area (Å²) in [4.78, 5) is 0. The second-order valence-corrected chi connectivity index (χ2v) is 4.08. The van der Waals surface area contributed by atoms with Crippen LogP contribution in [0.3, 0.4) is 0 Å². The highest BCUT2D eigenvalue weighted by Gasteiger charge is 2.38. The van der Waals surface area contributed by atoms with E-state index in [1.165, 1.54) is 0 Å². The molecule has 0 amide bonds. The van der Waals surface area contributed by atoms with E-state index in [9.17, 15) is 4.39 Å². The molecule has 14 heavy (non-hydrogen) atoms. The average Bonchev–Trinajstić information content (AvgIpc) is 3.00. The number of fused-ring (bicyclic) bond motifs is 1. The van der Waals surface area contributed by atoms with E-state index in [0.717, 1.165) is 30.8 Å². The molecule has 0 aromatic rings. The summed E-state index contributed by atoms with van der Waals surface area (Å²) in [6.07, 6.45) is 5.59. The van der Waals surface area contributed by atoms with Crippen LogP contribution in [0.1, 0.15) is 19.3 Å².